The smallest absolute Gasteiger partial charge is 0.424 e. The second-order valence-corrected chi connectivity index (χ2v) is 4.48. The maximum absolute atomic E-state index is 11.4. The number of hydrazine groups is 1. The first-order chi connectivity index (χ1) is 8.38. The summed E-state index contributed by atoms with van der Waals surface area (Å²) in [4.78, 5) is 27.2. The van der Waals surface area contributed by atoms with E-state index in [2.05, 4.69) is 10.3 Å². The van der Waals surface area contributed by atoms with E-state index < -0.39 is 17.7 Å². The molecule has 2 N–H and O–H groups in total. The lowest BCUT2D eigenvalue weighted by atomic mass is 10.2. The molecule has 0 unspecified atom stereocenters. The number of amides is 1. The quantitative estimate of drug-likeness (QED) is 0.802. The molecule has 0 heterocycles. The highest BCUT2D eigenvalue weighted by Gasteiger charge is 2.16. The molecule has 1 aromatic carbocycles. The van der Waals surface area contributed by atoms with Crippen molar-refractivity contribution >= 4 is 12.1 Å². The molecule has 98 valence electrons. The fourth-order valence-electron chi connectivity index (χ4n) is 1.05. The molecule has 0 saturated carbocycles. The largest absolute Gasteiger partial charge is 0.443 e. The summed E-state index contributed by atoms with van der Waals surface area (Å²) in [6.45, 7) is 5.17. The molecule has 1 rings (SSSR count). The molecule has 0 spiro atoms. The number of rotatable bonds is 3. The first kappa shape index (κ1) is 14.0. The van der Waals surface area contributed by atoms with E-state index in [-0.39, 0.29) is 0 Å². The maximum Gasteiger partial charge on any atom is 0.424 e. The minimum absolute atomic E-state index is 0.371. The Morgan fingerprint density at radius 2 is 1.72 bits per heavy atom. The first-order valence-electron chi connectivity index (χ1n) is 5.39. The Hall–Kier alpha value is -2.08. The van der Waals surface area contributed by atoms with Crippen LogP contribution >= 0.6 is 0 Å². The summed E-state index contributed by atoms with van der Waals surface area (Å²) in [6.07, 6.45) is -0.733. The number of carbonyl (C=O) groups excluding carboxylic acids is 2. The molecule has 1 amide bonds. The van der Waals surface area contributed by atoms with Crippen LogP contribution in [0.4, 0.5) is 4.79 Å². The van der Waals surface area contributed by atoms with E-state index in [1.807, 2.05) is 5.59 Å². The third kappa shape index (κ3) is 5.31. The Labute approximate surface area is 105 Å². The van der Waals surface area contributed by atoms with Gasteiger partial charge in [0, 0.05) is 0 Å². The van der Waals surface area contributed by atoms with Crippen LogP contribution in [0.25, 0.3) is 0 Å². The molecule has 1 aromatic rings. The average molecular weight is 252 g/mol. The number of hydrogen-bond acceptors (Lipinski definition) is 5. The Morgan fingerprint density at radius 3 is 2.28 bits per heavy atom. The van der Waals surface area contributed by atoms with Gasteiger partial charge in [0.2, 0.25) is 0 Å². The molecule has 0 fully saturated rings. The summed E-state index contributed by atoms with van der Waals surface area (Å²) in [5.74, 6) is -0.605. The van der Waals surface area contributed by atoms with Crippen molar-refractivity contribution in [3.05, 3.63) is 35.9 Å². The fraction of sp³-hybridized carbons (Fsp3) is 0.333. The number of hydrogen-bond donors (Lipinski definition) is 2. The van der Waals surface area contributed by atoms with Gasteiger partial charge in [0.05, 0.1) is 5.56 Å². The van der Waals surface area contributed by atoms with E-state index >= 15 is 0 Å². The SMILES string of the molecule is CC(C)(C)OC(=O)NNOC(=O)c1ccccc1. The van der Waals surface area contributed by atoms with Crippen LogP contribution in [0.1, 0.15) is 31.1 Å². The van der Waals surface area contributed by atoms with Crippen molar-refractivity contribution in [3.8, 4) is 0 Å². The monoisotopic (exact) mass is 252 g/mol. The van der Waals surface area contributed by atoms with Gasteiger partial charge in [-0.15, -0.1) is 0 Å². The van der Waals surface area contributed by atoms with Gasteiger partial charge in [0.15, 0.2) is 0 Å². The minimum atomic E-state index is -0.733. The lowest BCUT2D eigenvalue weighted by Gasteiger charge is -2.19. The molecule has 0 bridgehead atoms. The number of ether oxygens (including phenoxy) is 1. The highest BCUT2D eigenvalue weighted by molar-refractivity contribution is 5.89. The highest BCUT2D eigenvalue weighted by atomic mass is 16.7. The van der Waals surface area contributed by atoms with Gasteiger partial charge in [0.25, 0.3) is 0 Å². The van der Waals surface area contributed by atoms with Crippen molar-refractivity contribution in [1.82, 2.24) is 11.0 Å². The molecule has 18 heavy (non-hydrogen) atoms. The van der Waals surface area contributed by atoms with Crippen LogP contribution in [0.5, 0.6) is 0 Å². The number of nitrogens with one attached hydrogen (secondary N) is 2. The van der Waals surface area contributed by atoms with Crippen molar-refractivity contribution in [2.45, 2.75) is 26.4 Å². The second kappa shape index (κ2) is 6.02. The lowest BCUT2D eigenvalue weighted by molar-refractivity contribution is 0.00225. The van der Waals surface area contributed by atoms with Gasteiger partial charge in [-0.05, 0) is 32.9 Å². The highest BCUT2D eigenvalue weighted by Crippen LogP contribution is 2.06. The third-order valence-electron chi connectivity index (χ3n) is 1.71. The first-order valence-corrected chi connectivity index (χ1v) is 5.39. The van der Waals surface area contributed by atoms with E-state index in [0.717, 1.165) is 0 Å². The molecule has 6 heteroatoms. The zero-order valence-electron chi connectivity index (χ0n) is 10.5. The van der Waals surface area contributed by atoms with Crippen LogP contribution in [-0.2, 0) is 9.57 Å². The molecule has 0 aliphatic rings. The Morgan fingerprint density at radius 1 is 1.11 bits per heavy atom. The van der Waals surface area contributed by atoms with E-state index in [0.29, 0.717) is 5.56 Å². The van der Waals surface area contributed by atoms with Crippen molar-refractivity contribution in [2.75, 3.05) is 0 Å². The molecule has 0 saturated heterocycles. The maximum atomic E-state index is 11.4. The normalized spacial score (nSPS) is 10.6. The Kier molecular flexibility index (Phi) is 4.67. The average Bonchev–Trinajstić information content (AvgIpc) is 2.27. The second-order valence-electron chi connectivity index (χ2n) is 4.48. The standard InChI is InChI=1S/C12H16N2O4/c1-12(2,3)17-11(16)13-14-18-10(15)9-7-5-4-6-8-9/h4-8,14H,1-3H3,(H,13,16). The molecule has 6 nitrogen and oxygen atoms in total. The predicted molar refractivity (Wildman–Crippen MR) is 64.4 cm³/mol. The molecule has 0 aliphatic carbocycles. The lowest BCUT2D eigenvalue weighted by Crippen LogP contribution is -2.42. The summed E-state index contributed by atoms with van der Waals surface area (Å²) in [6, 6.07) is 8.38. The molecule has 0 aromatic heterocycles. The van der Waals surface area contributed by atoms with Crippen LogP contribution < -0.4 is 11.0 Å². The summed E-state index contributed by atoms with van der Waals surface area (Å²) in [5, 5.41) is 0. The van der Waals surface area contributed by atoms with E-state index in [9.17, 15) is 9.59 Å². The minimum Gasteiger partial charge on any atom is -0.443 e. The van der Waals surface area contributed by atoms with Crippen molar-refractivity contribution in [1.29, 1.82) is 0 Å². The molecular formula is C12H16N2O4. The van der Waals surface area contributed by atoms with Crippen molar-refractivity contribution in [2.24, 2.45) is 0 Å². The summed E-state index contributed by atoms with van der Waals surface area (Å²) < 4.78 is 4.92. The summed E-state index contributed by atoms with van der Waals surface area (Å²) in [7, 11) is 0. The van der Waals surface area contributed by atoms with Gasteiger partial charge < -0.3 is 9.57 Å². The van der Waals surface area contributed by atoms with Gasteiger partial charge >= 0.3 is 12.1 Å². The molecule has 0 radical (unpaired) electrons. The summed E-state index contributed by atoms with van der Waals surface area (Å²) in [5.41, 5.74) is 3.87. The topological polar surface area (TPSA) is 76.7 Å². The van der Waals surface area contributed by atoms with Crippen molar-refractivity contribution in [3.63, 3.8) is 0 Å². The molecule has 0 atom stereocenters. The van der Waals surface area contributed by atoms with Crippen LogP contribution in [0, 0.1) is 0 Å². The van der Waals surface area contributed by atoms with Crippen LogP contribution in [0.2, 0.25) is 0 Å². The Balaban J connectivity index is 2.30. The van der Waals surface area contributed by atoms with Gasteiger partial charge in [-0.2, -0.15) is 0 Å². The summed E-state index contributed by atoms with van der Waals surface area (Å²) >= 11 is 0. The van der Waals surface area contributed by atoms with E-state index in [4.69, 9.17) is 4.74 Å². The number of carbonyl (C=O) groups is 2. The van der Waals surface area contributed by atoms with E-state index in [1.54, 1.807) is 51.1 Å². The van der Waals surface area contributed by atoms with Crippen LogP contribution in [0.3, 0.4) is 0 Å². The molecule has 0 aliphatic heterocycles. The van der Waals surface area contributed by atoms with Gasteiger partial charge in [-0.1, -0.05) is 23.8 Å². The third-order valence-corrected chi connectivity index (χ3v) is 1.71. The zero-order valence-corrected chi connectivity index (χ0v) is 10.5. The Bertz CT molecular complexity index is 412. The van der Waals surface area contributed by atoms with Crippen LogP contribution in [-0.4, -0.2) is 17.7 Å². The zero-order chi connectivity index (χ0) is 13.6. The van der Waals surface area contributed by atoms with Gasteiger partial charge in [0.1, 0.15) is 5.60 Å². The van der Waals surface area contributed by atoms with E-state index in [1.165, 1.54) is 0 Å². The molecular weight excluding hydrogens is 236 g/mol. The van der Waals surface area contributed by atoms with Crippen molar-refractivity contribution < 1.29 is 19.2 Å². The fourth-order valence-corrected chi connectivity index (χ4v) is 1.05. The number of benzene rings is 1. The van der Waals surface area contributed by atoms with Gasteiger partial charge in [-0.25, -0.2) is 15.0 Å². The van der Waals surface area contributed by atoms with Gasteiger partial charge in [-0.3, -0.25) is 0 Å². The van der Waals surface area contributed by atoms with Crippen LogP contribution in [0.15, 0.2) is 30.3 Å². The predicted octanol–water partition coefficient (Wildman–Crippen LogP) is 1.79.